The SMILES string of the molecule is CC[Si](C)(C)CCC(=O)OS(=O)O. The van der Waals surface area contributed by atoms with Crippen LogP contribution in [0.2, 0.25) is 25.2 Å². The van der Waals surface area contributed by atoms with E-state index in [1.807, 2.05) is 0 Å². The smallest absolute Gasteiger partial charge is 0.343 e. The molecule has 0 spiro atoms. The lowest BCUT2D eigenvalue weighted by Gasteiger charge is -2.18. The molecule has 0 aromatic rings. The van der Waals surface area contributed by atoms with Gasteiger partial charge in [-0.15, -0.1) is 0 Å². The molecule has 4 nitrogen and oxygen atoms in total. The molecule has 0 aliphatic rings. The summed E-state index contributed by atoms with van der Waals surface area (Å²) in [5.41, 5.74) is 0. The molecule has 0 bridgehead atoms. The van der Waals surface area contributed by atoms with Gasteiger partial charge in [0.05, 0.1) is 0 Å². The van der Waals surface area contributed by atoms with E-state index in [4.69, 9.17) is 4.55 Å². The Balaban J connectivity index is 3.76. The van der Waals surface area contributed by atoms with Crippen LogP contribution in [-0.2, 0) is 20.3 Å². The summed E-state index contributed by atoms with van der Waals surface area (Å²) < 4.78 is 22.4. The molecule has 1 atom stereocenters. The zero-order valence-electron chi connectivity index (χ0n) is 8.20. The Kier molecular flexibility index (Phi) is 5.42. The second-order valence-electron chi connectivity index (χ2n) is 3.69. The van der Waals surface area contributed by atoms with Crippen LogP contribution in [0.25, 0.3) is 0 Å². The maximum absolute atomic E-state index is 10.9. The third-order valence-electron chi connectivity index (χ3n) is 2.13. The molecule has 0 rings (SSSR count). The minimum atomic E-state index is -2.46. The van der Waals surface area contributed by atoms with Crippen molar-refractivity contribution in [3.8, 4) is 0 Å². The molecule has 78 valence electrons. The Morgan fingerprint density at radius 1 is 1.54 bits per heavy atom. The Morgan fingerprint density at radius 3 is 2.46 bits per heavy atom. The molecule has 0 aliphatic heterocycles. The second-order valence-corrected chi connectivity index (χ2v) is 9.83. The summed E-state index contributed by atoms with van der Waals surface area (Å²) in [6.07, 6.45) is 0.249. The molecule has 0 heterocycles. The molecule has 0 radical (unpaired) electrons. The van der Waals surface area contributed by atoms with Crippen LogP contribution in [0.15, 0.2) is 0 Å². The van der Waals surface area contributed by atoms with Crippen LogP contribution >= 0.6 is 0 Å². The van der Waals surface area contributed by atoms with Gasteiger partial charge in [-0.1, -0.05) is 26.1 Å². The topological polar surface area (TPSA) is 63.6 Å². The molecule has 1 unspecified atom stereocenters. The number of rotatable bonds is 5. The highest BCUT2D eigenvalue weighted by Crippen LogP contribution is 2.16. The van der Waals surface area contributed by atoms with Crippen LogP contribution in [0.5, 0.6) is 0 Å². The molecule has 0 aliphatic carbocycles. The molecular formula is C7H16O4SSi. The van der Waals surface area contributed by atoms with Crippen molar-refractivity contribution < 1.29 is 17.7 Å². The summed E-state index contributed by atoms with van der Waals surface area (Å²) in [6.45, 7) is 6.45. The summed E-state index contributed by atoms with van der Waals surface area (Å²) in [7, 11) is -1.27. The van der Waals surface area contributed by atoms with Gasteiger partial charge in [0, 0.05) is 14.5 Å². The maximum atomic E-state index is 10.9. The van der Waals surface area contributed by atoms with Crippen LogP contribution in [0.1, 0.15) is 13.3 Å². The average Bonchev–Trinajstić information content (AvgIpc) is 2.00. The number of hydrogen-bond acceptors (Lipinski definition) is 3. The minimum absolute atomic E-state index is 0.249. The first-order valence-electron chi connectivity index (χ1n) is 4.19. The first-order chi connectivity index (χ1) is 5.87. The standard InChI is InChI=1S/C7H16O4SSi/c1-4-13(2,3)6-5-7(8)11-12(9)10/h4-6H2,1-3H3,(H,9,10). The maximum Gasteiger partial charge on any atom is 0.360 e. The summed E-state index contributed by atoms with van der Waals surface area (Å²) in [5, 5.41) is 0. The van der Waals surface area contributed by atoms with Gasteiger partial charge in [-0.25, -0.2) is 0 Å². The molecule has 0 aromatic carbocycles. The molecule has 0 saturated heterocycles. The first-order valence-corrected chi connectivity index (χ1v) is 8.64. The van der Waals surface area contributed by atoms with Crippen molar-refractivity contribution in [3.63, 3.8) is 0 Å². The third-order valence-corrected chi connectivity index (χ3v) is 5.97. The van der Waals surface area contributed by atoms with Crippen molar-refractivity contribution in [2.75, 3.05) is 0 Å². The predicted molar refractivity (Wildman–Crippen MR) is 54.3 cm³/mol. The largest absolute Gasteiger partial charge is 0.360 e. The summed E-state index contributed by atoms with van der Waals surface area (Å²) >= 11 is -2.46. The van der Waals surface area contributed by atoms with Gasteiger partial charge in [0.15, 0.2) is 0 Å². The highest BCUT2D eigenvalue weighted by atomic mass is 32.2. The van der Waals surface area contributed by atoms with Crippen LogP contribution in [-0.4, -0.2) is 22.8 Å². The van der Waals surface area contributed by atoms with Crippen molar-refractivity contribution in [2.45, 2.75) is 38.5 Å². The van der Waals surface area contributed by atoms with Crippen molar-refractivity contribution in [1.82, 2.24) is 0 Å². The Hall–Kier alpha value is -0.203. The van der Waals surface area contributed by atoms with Gasteiger partial charge in [0.2, 0.25) is 0 Å². The van der Waals surface area contributed by atoms with Gasteiger partial charge in [-0.05, 0) is 6.04 Å². The summed E-state index contributed by atoms with van der Waals surface area (Å²) in [4.78, 5) is 10.9. The number of carbonyl (C=O) groups is 1. The molecule has 1 N–H and O–H groups in total. The van der Waals surface area contributed by atoms with Crippen molar-refractivity contribution in [2.24, 2.45) is 0 Å². The molecule has 0 saturated carbocycles. The van der Waals surface area contributed by atoms with E-state index in [1.165, 1.54) is 0 Å². The predicted octanol–water partition coefficient (Wildman–Crippen LogP) is 1.78. The Morgan fingerprint density at radius 2 is 2.08 bits per heavy atom. The fraction of sp³-hybridized carbons (Fsp3) is 0.857. The minimum Gasteiger partial charge on any atom is -0.343 e. The molecular weight excluding hydrogens is 208 g/mol. The molecule has 0 amide bonds. The lowest BCUT2D eigenvalue weighted by atomic mass is 10.5. The van der Waals surface area contributed by atoms with E-state index in [1.54, 1.807) is 0 Å². The van der Waals surface area contributed by atoms with Crippen molar-refractivity contribution >= 4 is 25.4 Å². The number of carbonyl (C=O) groups excluding carboxylic acids is 1. The first kappa shape index (κ1) is 12.8. The van der Waals surface area contributed by atoms with Gasteiger partial charge in [0.1, 0.15) is 0 Å². The van der Waals surface area contributed by atoms with E-state index in [2.05, 4.69) is 24.2 Å². The van der Waals surface area contributed by atoms with E-state index in [-0.39, 0.29) is 6.42 Å². The summed E-state index contributed by atoms with van der Waals surface area (Å²) in [5.74, 6) is -0.588. The van der Waals surface area contributed by atoms with Gasteiger partial charge >= 0.3 is 17.3 Å². The molecule has 0 aromatic heterocycles. The average molecular weight is 224 g/mol. The van der Waals surface area contributed by atoms with Crippen LogP contribution < -0.4 is 0 Å². The van der Waals surface area contributed by atoms with Crippen molar-refractivity contribution in [1.29, 1.82) is 0 Å². The van der Waals surface area contributed by atoms with Gasteiger partial charge in [-0.3, -0.25) is 9.35 Å². The van der Waals surface area contributed by atoms with Crippen LogP contribution in [0.4, 0.5) is 0 Å². The van der Waals surface area contributed by atoms with E-state index in [0.717, 1.165) is 12.1 Å². The lowest BCUT2D eigenvalue weighted by molar-refractivity contribution is -0.133. The van der Waals surface area contributed by atoms with Crippen LogP contribution in [0.3, 0.4) is 0 Å². The van der Waals surface area contributed by atoms with Crippen LogP contribution in [0, 0.1) is 0 Å². The molecule has 6 heteroatoms. The van der Waals surface area contributed by atoms with E-state index in [9.17, 15) is 9.00 Å². The summed E-state index contributed by atoms with van der Waals surface area (Å²) in [6, 6.07) is 1.90. The van der Waals surface area contributed by atoms with Gasteiger partial charge in [-0.2, -0.15) is 4.21 Å². The zero-order chi connectivity index (χ0) is 10.5. The van der Waals surface area contributed by atoms with Gasteiger partial charge < -0.3 is 4.18 Å². The monoisotopic (exact) mass is 224 g/mol. The Labute approximate surface area is 82.2 Å². The highest BCUT2D eigenvalue weighted by molar-refractivity contribution is 7.74. The number of hydrogen-bond donors (Lipinski definition) is 1. The van der Waals surface area contributed by atoms with E-state index >= 15 is 0 Å². The molecule has 0 fully saturated rings. The Bertz CT molecular complexity index is 205. The fourth-order valence-electron chi connectivity index (χ4n) is 0.738. The highest BCUT2D eigenvalue weighted by Gasteiger charge is 2.20. The second kappa shape index (κ2) is 5.51. The third kappa shape index (κ3) is 6.91. The zero-order valence-corrected chi connectivity index (χ0v) is 10.0. The lowest BCUT2D eigenvalue weighted by Crippen LogP contribution is -2.25. The van der Waals surface area contributed by atoms with Gasteiger partial charge in [0.25, 0.3) is 0 Å². The van der Waals surface area contributed by atoms with E-state index in [0.29, 0.717) is 0 Å². The normalized spacial score (nSPS) is 13.8. The van der Waals surface area contributed by atoms with Crippen molar-refractivity contribution in [3.05, 3.63) is 0 Å². The molecule has 13 heavy (non-hydrogen) atoms. The van der Waals surface area contributed by atoms with E-state index < -0.39 is 25.4 Å². The quantitative estimate of drug-likeness (QED) is 0.571. The fourth-order valence-corrected chi connectivity index (χ4v) is 2.22.